The van der Waals surface area contributed by atoms with Crippen LogP contribution >= 0.6 is 0 Å². The van der Waals surface area contributed by atoms with Gasteiger partial charge in [0.15, 0.2) is 0 Å². The van der Waals surface area contributed by atoms with Gasteiger partial charge in [0.1, 0.15) is 6.61 Å². The van der Waals surface area contributed by atoms with E-state index < -0.39 is 0 Å². The van der Waals surface area contributed by atoms with Crippen molar-refractivity contribution >= 4 is 23.1 Å². The lowest BCUT2D eigenvalue weighted by atomic mass is 10.3. The molecule has 1 aliphatic rings. The van der Waals surface area contributed by atoms with Crippen LogP contribution in [0.2, 0.25) is 0 Å². The van der Waals surface area contributed by atoms with Crippen LogP contribution in [0, 0.1) is 0 Å². The Bertz CT molecular complexity index is 561. The molecule has 0 atom stereocenters. The molecule has 1 aliphatic heterocycles. The van der Waals surface area contributed by atoms with Crippen LogP contribution in [0.1, 0.15) is 0 Å². The van der Waals surface area contributed by atoms with Crippen LogP contribution in [0.4, 0.5) is 10.7 Å². The predicted molar refractivity (Wildman–Crippen MR) is 59.4 cm³/mol. The summed E-state index contributed by atoms with van der Waals surface area (Å²) in [4.78, 5) is 17.4. The summed E-state index contributed by atoms with van der Waals surface area (Å²) in [6, 6.07) is 7.80. The van der Waals surface area contributed by atoms with E-state index in [0.717, 1.165) is 11.0 Å². The van der Waals surface area contributed by atoms with E-state index in [0.29, 0.717) is 19.1 Å². The number of carbonyl (C=O) groups is 1. The third-order valence-electron chi connectivity index (χ3n) is 2.77. The quantitative estimate of drug-likeness (QED) is 0.727. The summed E-state index contributed by atoms with van der Waals surface area (Å²) < 4.78 is 6.81. The smallest absolute Gasteiger partial charge is 0.416 e. The molecule has 82 valence electrons. The highest BCUT2D eigenvalue weighted by molar-refractivity contribution is 5.90. The average Bonchev–Trinajstić information content (AvgIpc) is 2.84. The maximum absolute atomic E-state index is 11.5. The minimum atomic E-state index is -0.321. The monoisotopic (exact) mass is 217 g/mol. The average molecular weight is 217 g/mol. The van der Waals surface area contributed by atoms with Gasteiger partial charge in [0.05, 0.1) is 17.6 Å². The van der Waals surface area contributed by atoms with Gasteiger partial charge in [-0.1, -0.05) is 12.1 Å². The van der Waals surface area contributed by atoms with Crippen molar-refractivity contribution < 1.29 is 9.53 Å². The van der Waals surface area contributed by atoms with Crippen molar-refractivity contribution in [2.24, 2.45) is 7.05 Å². The number of nitrogens with zero attached hydrogens (tertiary/aromatic N) is 3. The molecule has 1 fully saturated rings. The number of amides is 1. The Morgan fingerprint density at radius 1 is 1.38 bits per heavy atom. The van der Waals surface area contributed by atoms with Crippen LogP contribution in [0.15, 0.2) is 24.3 Å². The van der Waals surface area contributed by atoms with Crippen LogP contribution in [-0.4, -0.2) is 28.8 Å². The van der Waals surface area contributed by atoms with Crippen molar-refractivity contribution in [3.8, 4) is 0 Å². The second kappa shape index (κ2) is 3.23. The molecule has 5 heteroatoms. The number of hydrogen-bond acceptors (Lipinski definition) is 3. The van der Waals surface area contributed by atoms with Crippen LogP contribution in [-0.2, 0) is 11.8 Å². The summed E-state index contributed by atoms with van der Waals surface area (Å²) >= 11 is 0. The second-order valence-electron chi connectivity index (χ2n) is 3.73. The minimum Gasteiger partial charge on any atom is -0.447 e. The number of aryl methyl sites for hydroxylation is 1. The van der Waals surface area contributed by atoms with E-state index in [9.17, 15) is 4.79 Å². The SMILES string of the molecule is Cn1c(N2CCOC2=O)nc2ccccc21. The Balaban J connectivity index is 2.17. The topological polar surface area (TPSA) is 47.4 Å². The molecule has 0 N–H and O–H groups in total. The first-order chi connectivity index (χ1) is 7.77. The van der Waals surface area contributed by atoms with Gasteiger partial charge in [-0.2, -0.15) is 0 Å². The van der Waals surface area contributed by atoms with Gasteiger partial charge in [0.25, 0.3) is 0 Å². The molecule has 0 aliphatic carbocycles. The summed E-state index contributed by atoms with van der Waals surface area (Å²) in [5, 5.41) is 0. The molecule has 0 spiro atoms. The van der Waals surface area contributed by atoms with Gasteiger partial charge in [0.2, 0.25) is 5.95 Å². The molecular formula is C11H11N3O2. The third kappa shape index (κ3) is 1.18. The largest absolute Gasteiger partial charge is 0.447 e. The Morgan fingerprint density at radius 2 is 2.19 bits per heavy atom. The van der Waals surface area contributed by atoms with Crippen LogP contribution in [0.5, 0.6) is 0 Å². The number of anilines is 1. The van der Waals surface area contributed by atoms with E-state index in [2.05, 4.69) is 4.98 Å². The molecule has 0 saturated carbocycles. The van der Waals surface area contributed by atoms with Crippen molar-refractivity contribution in [2.45, 2.75) is 0 Å². The highest BCUT2D eigenvalue weighted by Crippen LogP contribution is 2.22. The standard InChI is InChI=1S/C11H11N3O2/c1-13-9-5-3-2-4-8(9)12-10(13)14-6-7-16-11(14)15/h2-5H,6-7H2,1H3. The number of hydrogen-bond donors (Lipinski definition) is 0. The van der Waals surface area contributed by atoms with Crippen LogP contribution in [0.3, 0.4) is 0 Å². The van der Waals surface area contributed by atoms with Crippen LogP contribution < -0.4 is 4.90 Å². The molecular weight excluding hydrogens is 206 g/mol. The molecule has 1 amide bonds. The molecule has 0 bridgehead atoms. The molecule has 3 rings (SSSR count). The Hall–Kier alpha value is -2.04. The van der Waals surface area contributed by atoms with Gasteiger partial charge in [-0.05, 0) is 12.1 Å². The Morgan fingerprint density at radius 3 is 2.88 bits per heavy atom. The number of aromatic nitrogens is 2. The molecule has 5 nitrogen and oxygen atoms in total. The van der Waals surface area contributed by atoms with Crippen molar-refractivity contribution in [1.29, 1.82) is 0 Å². The number of fused-ring (bicyclic) bond motifs is 1. The van der Waals surface area contributed by atoms with Crippen molar-refractivity contribution in [2.75, 3.05) is 18.1 Å². The molecule has 16 heavy (non-hydrogen) atoms. The number of ether oxygens (including phenoxy) is 1. The first kappa shape index (κ1) is 9.21. The van der Waals surface area contributed by atoms with Crippen molar-refractivity contribution in [3.63, 3.8) is 0 Å². The first-order valence-corrected chi connectivity index (χ1v) is 5.13. The highest BCUT2D eigenvalue weighted by Gasteiger charge is 2.27. The normalized spacial score (nSPS) is 15.8. The zero-order valence-electron chi connectivity index (χ0n) is 8.88. The fraction of sp³-hybridized carbons (Fsp3) is 0.273. The van der Waals surface area contributed by atoms with E-state index in [1.807, 2.05) is 35.9 Å². The second-order valence-corrected chi connectivity index (χ2v) is 3.73. The molecule has 2 heterocycles. The minimum absolute atomic E-state index is 0.321. The fourth-order valence-electron chi connectivity index (χ4n) is 1.95. The van der Waals surface area contributed by atoms with Crippen LogP contribution in [0.25, 0.3) is 11.0 Å². The molecule has 0 unspecified atom stereocenters. The summed E-state index contributed by atoms with van der Waals surface area (Å²) in [7, 11) is 1.90. The zero-order valence-corrected chi connectivity index (χ0v) is 8.88. The summed E-state index contributed by atoms with van der Waals surface area (Å²) in [5.41, 5.74) is 1.90. The number of benzene rings is 1. The maximum Gasteiger partial charge on any atom is 0.416 e. The molecule has 1 aromatic carbocycles. The molecule has 1 saturated heterocycles. The lowest BCUT2D eigenvalue weighted by Crippen LogP contribution is -2.26. The Labute approximate surface area is 92.2 Å². The highest BCUT2D eigenvalue weighted by atomic mass is 16.6. The Kier molecular flexibility index (Phi) is 1.86. The summed E-state index contributed by atoms with van der Waals surface area (Å²) in [6.45, 7) is 0.998. The zero-order chi connectivity index (χ0) is 11.1. The van der Waals surface area contributed by atoms with E-state index in [-0.39, 0.29) is 6.09 Å². The fourth-order valence-corrected chi connectivity index (χ4v) is 1.95. The lowest BCUT2D eigenvalue weighted by molar-refractivity contribution is 0.181. The van der Waals surface area contributed by atoms with Gasteiger partial charge in [-0.25, -0.2) is 14.7 Å². The van der Waals surface area contributed by atoms with Crippen molar-refractivity contribution in [1.82, 2.24) is 9.55 Å². The van der Waals surface area contributed by atoms with E-state index in [1.54, 1.807) is 4.90 Å². The third-order valence-corrected chi connectivity index (χ3v) is 2.77. The van der Waals surface area contributed by atoms with Gasteiger partial charge in [-0.3, -0.25) is 0 Å². The number of imidazole rings is 1. The first-order valence-electron chi connectivity index (χ1n) is 5.13. The number of rotatable bonds is 1. The lowest BCUT2D eigenvalue weighted by Gasteiger charge is -2.11. The molecule has 2 aromatic rings. The number of cyclic esters (lactones) is 1. The van der Waals surface area contributed by atoms with E-state index in [1.165, 1.54) is 0 Å². The summed E-state index contributed by atoms with van der Waals surface area (Å²) in [5.74, 6) is 0.642. The van der Waals surface area contributed by atoms with Crippen molar-refractivity contribution in [3.05, 3.63) is 24.3 Å². The van der Waals surface area contributed by atoms with Gasteiger partial charge in [0, 0.05) is 7.05 Å². The van der Waals surface area contributed by atoms with Gasteiger partial charge >= 0.3 is 6.09 Å². The van der Waals surface area contributed by atoms with Gasteiger partial charge < -0.3 is 9.30 Å². The maximum atomic E-state index is 11.5. The van der Waals surface area contributed by atoms with E-state index in [4.69, 9.17) is 4.74 Å². The predicted octanol–water partition coefficient (Wildman–Crippen LogP) is 1.53. The number of para-hydroxylation sites is 2. The van der Waals surface area contributed by atoms with Gasteiger partial charge in [-0.15, -0.1) is 0 Å². The van der Waals surface area contributed by atoms with E-state index >= 15 is 0 Å². The molecule has 1 aromatic heterocycles. The summed E-state index contributed by atoms with van der Waals surface area (Å²) in [6.07, 6.45) is -0.321. The number of carbonyl (C=O) groups excluding carboxylic acids is 1. The molecule has 0 radical (unpaired) electrons.